The van der Waals surface area contributed by atoms with Gasteiger partial charge in [-0.15, -0.1) is 0 Å². The molecule has 0 aliphatic carbocycles. The monoisotopic (exact) mass is 251 g/mol. The number of nitrogens with one attached hydrogen (secondary N) is 1. The van der Waals surface area contributed by atoms with E-state index in [4.69, 9.17) is 9.47 Å². The summed E-state index contributed by atoms with van der Waals surface area (Å²) < 4.78 is 11.5. The van der Waals surface area contributed by atoms with Crippen molar-refractivity contribution in [3.05, 3.63) is 29.8 Å². The summed E-state index contributed by atoms with van der Waals surface area (Å²) in [4.78, 5) is 0. The van der Waals surface area contributed by atoms with Crippen LogP contribution in [-0.2, 0) is 4.74 Å². The number of benzene rings is 1. The molecule has 0 fully saturated rings. The van der Waals surface area contributed by atoms with Gasteiger partial charge in [-0.2, -0.15) is 0 Å². The second kappa shape index (κ2) is 8.11. The Labute approximate surface area is 110 Å². The number of hydrogen-bond acceptors (Lipinski definition) is 3. The standard InChI is InChI=1S/C15H25NO2/c1-5-12(3)18-11-14(16-4)13-9-7-8-10-15(13)17-6-2/h7-10,12,14,16H,5-6,11H2,1-4H3. The van der Waals surface area contributed by atoms with Gasteiger partial charge in [0.15, 0.2) is 0 Å². The quantitative estimate of drug-likeness (QED) is 0.770. The van der Waals surface area contributed by atoms with E-state index in [0.717, 1.165) is 17.7 Å². The fourth-order valence-corrected chi connectivity index (χ4v) is 1.76. The molecule has 2 unspecified atom stereocenters. The molecule has 1 aromatic carbocycles. The van der Waals surface area contributed by atoms with E-state index in [-0.39, 0.29) is 6.04 Å². The zero-order chi connectivity index (χ0) is 13.4. The zero-order valence-corrected chi connectivity index (χ0v) is 11.9. The van der Waals surface area contributed by atoms with Gasteiger partial charge in [0.05, 0.1) is 25.4 Å². The van der Waals surface area contributed by atoms with Crippen molar-refractivity contribution in [3.63, 3.8) is 0 Å². The number of hydrogen-bond donors (Lipinski definition) is 1. The van der Waals surface area contributed by atoms with Gasteiger partial charge in [-0.05, 0) is 33.4 Å². The highest BCUT2D eigenvalue weighted by atomic mass is 16.5. The van der Waals surface area contributed by atoms with Crippen LogP contribution in [0.1, 0.15) is 38.8 Å². The lowest BCUT2D eigenvalue weighted by Gasteiger charge is -2.21. The summed E-state index contributed by atoms with van der Waals surface area (Å²) in [5, 5.41) is 3.29. The van der Waals surface area contributed by atoms with E-state index >= 15 is 0 Å². The molecule has 1 rings (SSSR count). The first-order valence-corrected chi connectivity index (χ1v) is 6.73. The van der Waals surface area contributed by atoms with Crippen LogP contribution in [0.2, 0.25) is 0 Å². The van der Waals surface area contributed by atoms with E-state index in [2.05, 4.69) is 25.2 Å². The fourth-order valence-electron chi connectivity index (χ4n) is 1.76. The van der Waals surface area contributed by atoms with E-state index in [0.29, 0.717) is 19.3 Å². The largest absolute Gasteiger partial charge is 0.494 e. The van der Waals surface area contributed by atoms with Crippen molar-refractivity contribution >= 4 is 0 Å². The molecule has 0 heterocycles. The van der Waals surface area contributed by atoms with Crippen molar-refractivity contribution < 1.29 is 9.47 Å². The van der Waals surface area contributed by atoms with Crippen LogP contribution in [0.3, 0.4) is 0 Å². The third-order valence-electron chi connectivity index (χ3n) is 3.07. The van der Waals surface area contributed by atoms with Crippen molar-refractivity contribution in [2.45, 2.75) is 39.3 Å². The molecule has 0 aliphatic rings. The van der Waals surface area contributed by atoms with Crippen LogP contribution in [0.25, 0.3) is 0 Å². The van der Waals surface area contributed by atoms with Gasteiger partial charge in [-0.25, -0.2) is 0 Å². The smallest absolute Gasteiger partial charge is 0.124 e. The average Bonchev–Trinajstić information content (AvgIpc) is 2.41. The second-order valence-electron chi connectivity index (χ2n) is 4.36. The Kier molecular flexibility index (Phi) is 6.76. The molecule has 1 aromatic rings. The summed E-state index contributed by atoms with van der Waals surface area (Å²) in [6, 6.07) is 8.29. The first kappa shape index (κ1) is 15.0. The summed E-state index contributed by atoms with van der Waals surface area (Å²) in [7, 11) is 1.95. The molecule has 18 heavy (non-hydrogen) atoms. The Morgan fingerprint density at radius 2 is 1.94 bits per heavy atom. The van der Waals surface area contributed by atoms with Crippen LogP contribution in [0.4, 0.5) is 0 Å². The first-order valence-electron chi connectivity index (χ1n) is 6.73. The number of ether oxygens (including phenoxy) is 2. The van der Waals surface area contributed by atoms with Crippen molar-refractivity contribution in [2.24, 2.45) is 0 Å². The molecule has 0 aliphatic heterocycles. The van der Waals surface area contributed by atoms with Crippen LogP contribution >= 0.6 is 0 Å². The third kappa shape index (κ3) is 4.31. The number of likely N-dealkylation sites (N-methyl/N-ethyl adjacent to an activating group) is 1. The topological polar surface area (TPSA) is 30.5 Å². The van der Waals surface area contributed by atoms with Crippen LogP contribution in [0, 0.1) is 0 Å². The molecule has 1 N–H and O–H groups in total. The van der Waals surface area contributed by atoms with Gasteiger partial charge in [-0.1, -0.05) is 25.1 Å². The Morgan fingerprint density at radius 1 is 1.22 bits per heavy atom. The van der Waals surface area contributed by atoms with E-state index in [1.807, 2.05) is 32.2 Å². The highest BCUT2D eigenvalue weighted by Gasteiger charge is 2.15. The van der Waals surface area contributed by atoms with Gasteiger partial charge in [0.2, 0.25) is 0 Å². The summed E-state index contributed by atoms with van der Waals surface area (Å²) in [6.45, 7) is 7.57. The maximum atomic E-state index is 5.81. The van der Waals surface area contributed by atoms with Gasteiger partial charge in [0, 0.05) is 5.56 Å². The Bertz CT molecular complexity index is 341. The predicted octanol–water partition coefficient (Wildman–Crippen LogP) is 3.16. The SMILES string of the molecule is CCOc1ccccc1C(COC(C)CC)NC. The Balaban J connectivity index is 2.74. The zero-order valence-electron chi connectivity index (χ0n) is 11.9. The maximum absolute atomic E-state index is 5.81. The molecule has 3 heteroatoms. The summed E-state index contributed by atoms with van der Waals surface area (Å²) in [6.07, 6.45) is 1.32. The minimum atomic E-state index is 0.168. The van der Waals surface area contributed by atoms with E-state index in [1.54, 1.807) is 0 Å². The fraction of sp³-hybridized carbons (Fsp3) is 0.600. The van der Waals surface area contributed by atoms with Crippen molar-refractivity contribution in [2.75, 3.05) is 20.3 Å². The Morgan fingerprint density at radius 3 is 2.56 bits per heavy atom. The lowest BCUT2D eigenvalue weighted by atomic mass is 10.1. The molecule has 0 aromatic heterocycles. The molecule has 0 amide bonds. The maximum Gasteiger partial charge on any atom is 0.124 e. The van der Waals surface area contributed by atoms with Gasteiger partial charge >= 0.3 is 0 Å². The third-order valence-corrected chi connectivity index (χ3v) is 3.07. The average molecular weight is 251 g/mol. The van der Waals surface area contributed by atoms with Crippen molar-refractivity contribution in [1.29, 1.82) is 0 Å². The van der Waals surface area contributed by atoms with Gasteiger partial charge < -0.3 is 14.8 Å². The molecule has 0 saturated carbocycles. The van der Waals surface area contributed by atoms with Crippen LogP contribution in [0.5, 0.6) is 5.75 Å². The van der Waals surface area contributed by atoms with Crippen molar-refractivity contribution in [3.8, 4) is 5.75 Å². The van der Waals surface area contributed by atoms with E-state index < -0.39 is 0 Å². The second-order valence-corrected chi connectivity index (χ2v) is 4.36. The number of para-hydroxylation sites is 1. The highest BCUT2D eigenvalue weighted by molar-refractivity contribution is 5.36. The molecule has 3 nitrogen and oxygen atoms in total. The summed E-state index contributed by atoms with van der Waals surface area (Å²) >= 11 is 0. The van der Waals surface area contributed by atoms with Crippen LogP contribution in [0.15, 0.2) is 24.3 Å². The molecular weight excluding hydrogens is 226 g/mol. The lowest BCUT2D eigenvalue weighted by molar-refractivity contribution is 0.0482. The lowest BCUT2D eigenvalue weighted by Crippen LogP contribution is -2.24. The van der Waals surface area contributed by atoms with Crippen molar-refractivity contribution in [1.82, 2.24) is 5.32 Å². The predicted molar refractivity (Wildman–Crippen MR) is 75.1 cm³/mol. The minimum Gasteiger partial charge on any atom is -0.494 e. The van der Waals surface area contributed by atoms with Gasteiger partial charge in [0.1, 0.15) is 5.75 Å². The Hall–Kier alpha value is -1.06. The molecule has 0 radical (unpaired) electrons. The number of rotatable bonds is 8. The molecule has 0 saturated heterocycles. The molecule has 0 bridgehead atoms. The first-order chi connectivity index (χ1) is 8.72. The highest BCUT2D eigenvalue weighted by Crippen LogP contribution is 2.25. The summed E-state index contributed by atoms with van der Waals surface area (Å²) in [5.41, 5.74) is 1.16. The summed E-state index contributed by atoms with van der Waals surface area (Å²) in [5.74, 6) is 0.937. The molecule has 2 atom stereocenters. The molecule has 0 spiro atoms. The van der Waals surface area contributed by atoms with Gasteiger partial charge in [0.25, 0.3) is 0 Å². The molecular formula is C15H25NO2. The van der Waals surface area contributed by atoms with E-state index in [9.17, 15) is 0 Å². The van der Waals surface area contributed by atoms with Crippen LogP contribution < -0.4 is 10.1 Å². The van der Waals surface area contributed by atoms with Crippen LogP contribution in [-0.4, -0.2) is 26.4 Å². The van der Waals surface area contributed by atoms with E-state index in [1.165, 1.54) is 0 Å². The van der Waals surface area contributed by atoms with Gasteiger partial charge in [-0.3, -0.25) is 0 Å². The normalized spacial score (nSPS) is 14.2. The molecule has 102 valence electrons. The minimum absolute atomic E-state index is 0.168.